The van der Waals surface area contributed by atoms with Gasteiger partial charge in [0.25, 0.3) is 5.69 Å². The van der Waals surface area contributed by atoms with Gasteiger partial charge in [-0.15, -0.1) is 0 Å². The summed E-state index contributed by atoms with van der Waals surface area (Å²) >= 11 is 0. The van der Waals surface area contributed by atoms with E-state index in [1.807, 2.05) is 18.9 Å². The lowest BCUT2D eigenvalue weighted by molar-refractivity contribution is -0.384. The van der Waals surface area contributed by atoms with Crippen LogP contribution in [0.25, 0.3) is 0 Å². The molecule has 1 aromatic heterocycles. The second-order valence-electron chi connectivity index (χ2n) is 6.60. The first kappa shape index (κ1) is 19.0. The summed E-state index contributed by atoms with van der Waals surface area (Å²) in [5.41, 5.74) is 7.73. The normalized spacial score (nSPS) is 15.2. The lowest BCUT2D eigenvalue weighted by Crippen LogP contribution is -2.47. The molecule has 0 amide bonds. The number of hydrogen-bond donors (Lipinski definition) is 1. The van der Waals surface area contributed by atoms with Crippen molar-refractivity contribution in [3.05, 3.63) is 34.0 Å². The van der Waals surface area contributed by atoms with E-state index in [9.17, 15) is 18.5 Å². The number of nitro benzene ring substituents is 1. The summed E-state index contributed by atoms with van der Waals surface area (Å²) in [6.45, 7) is 4.18. The van der Waals surface area contributed by atoms with Crippen LogP contribution in [0, 0.1) is 17.0 Å². The summed E-state index contributed by atoms with van der Waals surface area (Å²) in [5, 5.41) is 15.8. The van der Waals surface area contributed by atoms with Crippen molar-refractivity contribution >= 4 is 32.7 Å². The van der Waals surface area contributed by atoms with Crippen molar-refractivity contribution in [3.8, 4) is 0 Å². The molecule has 0 spiro atoms. The van der Waals surface area contributed by atoms with Gasteiger partial charge in [-0.25, -0.2) is 8.42 Å². The minimum Gasteiger partial charge on any atom is -0.394 e. The summed E-state index contributed by atoms with van der Waals surface area (Å²) in [5.74, 6) is 0.842. The number of nitrogens with two attached hydrogens (primary N) is 1. The SMILES string of the molecule is Cc1nn(C)c(N2CCN(c3ccc(S(C)(=O)=O)cc3[N+](=O)[O-])CC2)c1N. The number of sulfone groups is 1. The molecule has 1 aliphatic rings. The van der Waals surface area contributed by atoms with Crippen LogP contribution in [-0.4, -0.2) is 55.6 Å². The second-order valence-corrected chi connectivity index (χ2v) is 8.62. The first-order valence-electron chi connectivity index (χ1n) is 8.37. The van der Waals surface area contributed by atoms with Gasteiger partial charge in [0, 0.05) is 45.5 Å². The van der Waals surface area contributed by atoms with Gasteiger partial charge in [-0.2, -0.15) is 5.10 Å². The molecule has 0 saturated carbocycles. The van der Waals surface area contributed by atoms with E-state index >= 15 is 0 Å². The van der Waals surface area contributed by atoms with Gasteiger partial charge in [0.15, 0.2) is 15.7 Å². The first-order chi connectivity index (χ1) is 12.6. The molecule has 0 atom stereocenters. The Morgan fingerprint density at radius 3 is 2.26 bits per heavy atom. The third kappa shape index (κ3) is 3.54. The third-order valence-corrected chi connectivity index (χ3v) is 5.84. The maximum Gasteiger partial charge on any atom is 0.293 e. The van der Waals surface area contributed by atoms with Crippen LogP contribution in [0.15, 0.2) is 23.1 Å². The van der Waals surface area contributed by atoms with Crippen molar-refractivity contribution in [1.29, 1.82) is 0 Å². The quantitative estimate of drug-likeness (QED) is 0.600. The summed E-state index contributed by atoms with van der Waals surface area (Å²) in [4.78, 5) is 14.9. The van der Waals surface area contributed by atoms with E-state index in [2.05, 4.69) is 10.00 Å². The molecule has 1 fully saturated rings. The summed E-state index contributed by atoms with van der Waals surface area (Å²) in [6, 6.07) is 4.04. The molecule has 0 radical (unpaired) electrons. The van der Waals surface area contributed by atoms with Gasteiger partial charge >= 0.3 is 0 Å². The smallest absolute Gasteiger partial charge is 0.293 e. The Morgan fingerprint density at radius 1 is 1.19 bits per heavy atom. The second kappa shape index (κ2) is 6.72. The fourth-order valence-corrected chi connectivity index (χ4v) is 3.98. The molecule has 1 aromatic carbocycles. The fraction of sp³-hybridized carbons (Fsp3) is 0.438. The molecule has 11 heteroatoms. The van der Waals surface area contributed by atoms with E-state index in [-0.39, 0.29) is 10.6 Å². The maximum absolute atomic E-state index is 11.7. The van der Waals surface area contributed by atoms with Gasteiger partial charge in [-0.3, -0.25) is 14.8 Å². The van der Waals surface area contributed by atoms with E-state index in [4.69, 9.17) is 5.73 Å². The van der Waals surface area contributed by atoms with Crippen LogP contribution in [0.4, 0.5) is 22.9 Å². The highest BCUT2D eigenvalue weighted by Crippen LogP contribution is 2.33. The number of benzene rings is 1. The molecule has 27 heavy (non-hydrogen) atoms. The van der Waals surface area contributed by atoms with Gasteiger partial charge in [0.1, 0.15) is 5.69 Å². The zero-order chi connectivity index (χ0) is 19.9. The number of piperazine rings is 1. The van der Waals surface area contributed by atoms with Crippen molar-refractivity contribution in [3.63, 3.8) is 0 Å². The van der Waals surface area contributed by atoms with Crippen molar-refractivity contribution in [2.24, 2.45) is 7.05 Å². The predicted octanol–water partition coefficient (Wildman–Crippen LogP) is 0.949. The Morgan fingerprint density at radius 2 is 1.78 bits per heavy atom. The fourth-order valence-electron chi connectivity index (χ4n) is 3.34. The largest absolute Gasteiger partial charge is 0.394 e. The molecule has 0 unspecified atom stereocenters. The number of anilines is 3. The third-order valence-electron chi connectivity index (χ3n) is 4.73. The van der Waals surface area contributed by atoms with E-state index in [1.54, 1.807) is 4.68 Å². The number of aromatic nitrogens is 2. The number of nitrogen functional groups attached to an aromatic ring is 1. The molecule has 3 rings (SSSR count). The minimum absolute atomic E-state index is 0.0604. The monoisotopic (exact) mass is 394 g/mol. The molecule has 2 aromatic rings. The molecule has 10 nitrogen and oxygen atoms in total. The van der Waals surface area contributed by atoms with Crippen LogP contribution in [0.2, 0.25) is 0 Å². The van der Waals surface area contributed by atoms with Crippen LogP contribution < -0.4 is 15.5 Å². The van der Waals surface area contributed by atoms with Crippen molar-refractivity contribution in [2.75, 3.05) is 48.0 Å². The van der Waals surface area contributed by atoms with Crippen LogP contribution >= 0.6 is 0 Å². The molecule has 2 heterocycles. The summed E-state index contributed by atoms with van der Waals surface area (Å²) in [7, 11) is -1.68. The Bertz CT molecular complexity index is 993. The van der Waals surface area contributed by atoms with Crippen molar-refractivity contribution in [1.82, 2.24) is 9.78 Å². The lowest BCUT2D eigenvalue weighted by atomic mass is 10.2. The first-order valence-corrected chi connectivity index (χ1v) is 10.3. The molecule has 0 bridgehead atoms. The predicted molar refractivity (Wildman–Crippen MR) is 103 cm³/mol. The summed E-state index contributed by atoms with van der Waals surface area (Å²) < 4.78 is 25.1. The maximum atomic E-state index is 11.7. The Balaban J connectivity index is 1.85. The van der Waals surface area contributed by atoms with E-state index in [0.29, 0.717) is 37.6 Å². The number of nitrogens with zero attached hydrogens (tertiary/aromatic N) is 5. The topological polar surface area (TPSA) is 128 Å². The Labute approximate surface area is 157 Å². The molecule has 1 aliphatic heterocycles. The van der Waals surface area contributed by atoms with E-state index in [1.165, 1.54) is 12.1 Å². The van der Waals surface area contributed by atoms with Crippen LogP contribution in [0.3, 0.4) is 0 Å². The summed E-state index contributed by atoms with van der Waals surface area (Å²) in [6.07, 6.45) is 1.03. The van der Waals surface area contributed by atoms with Gasteiger partial charge in [0.05, 0.1) is 21.2 Å². The minimum atomic E-state index is -3.51. The highest BCUT2D eigenvalue weighted by Gasteiger charge is 2.27. The average molecular weight is 394 g/mol. The van der Waals surface area contributed by atoms with Gasteiger partial charge in [0.2, 0.25) is 0 Å². The molecule has 1 saturated heterocycles. The Kier molecular flexibility index (Phi) is 4.72. The van der Waals surface area contributed by atoms with Gasteiger partial charge in [-0.1, -0.05) is 0 Å². The molecule has 146 valence electrons. The molecular formula is C16H22N6O4S. The number of hydrogen-bond acceptors (Lipinski definition) is 8. The number of aryl methyl sites for hydroxylation is 2. The number of rotatable bonds is 4. The molecule has 2 N–H and O–H groups in total. The van der Waals surface area contributed by atoms with E-state index < -0.39 is 14.8 Å². The Hall–Kier alpha value is -2.82. The standard InChI is InChI=1S/C16H22N6O4S/c1-11-15(17)16(19(2)18-11)21-8-6-20(7-9-21)13-5-4-12(27(3,25)26)10-14(13)22(23)24/h4-5,10H,6-9,17H2,1-3H3. The lowest BCUT2D eigenvalue weighted by Gasteiger charge is -2.37. The van der Waals surface area contributed by atoms with Crippen LogP contribution in [-0.2, 0) is 16.9 Å². The van der Waals surface area contributed by atoms with Crippen LogP contribution in [0.5, 0.6) is 0 Å². The van der Waals surface area contributed by atoms with E-state index in [0.717, 1.165) is 23.8 Å². The van der Waals surface area contributed by atoms with Crippen LogP contribution in [0.1, 0.15) is 5.69 Å². The van der Waals surface area contributed by atoms with Crippen molar-refractivity contribution < 1.29 is 13.3 Å². The van der Waals surface area contributed by atoms with Gasteiger partial charge < -0.3 is 15.5 Å². The molecular weight excluding hydrogens is 372 g/mol. The highest BCUT2D eigenvalue weighted by atomic mass is 32.2. The molecule has 0 aliphatic carbocycles. The number of nitro groups is 1. The van der Waals surface area contributed by atoms with Gasteiger partial charge in [-0.05, 0) is 19.1 Å². The highest BCUT2D eigenvalue weighted by molar-refractivity contribution is 7.90. The average Bonchev–Trinajstić information content (AvgIpc) is 2.86. The zero-order valence-corrected chi connectivity index (χ0v) is 16.2. The zero-order valence-electron chi connectivity index (χ0n) is 15.4. The van der Waals surface area contributed by atoms with Crippen molar-refractivity contribution in [2.45, 2.75) is 11.8 Å².